The first kappa shape index (κ1) is 13.1. The quantitative estimate of drug-likeness (QED) is 0.747. The van der Waals surface area contributed by atoms with E-state index < -0.39 is 0 Å². The highest BCUT2D eigenvalue weighted by molar-refractivity contribution is 6.20. The lowest BCUT2D eigenvalue weighted by molar-refractivity contribution is 0.171. The molecule has 0 spiro atoms. The van der Waals surface area contributed by atoms with E-state index in [2.05, 4.69) is 12.1 Å². The molecule has 1 atom stereocenters. The molecule has 1 fully saturated rings. The minimum atomic E-state index is 0.0962. The van der Waals surface area contributed by atoms with Gasteiger partial charge in [0.05, 0.1) is 5.38 Å². The summed E-state index contributed by atoms with van der Waals surface area (Å²) in [6.07, 6.45) is 7.90. The van der Waals surface area contributed by atoms with Gasteiger partial charge in [0.25, 0.3) is 0 Å². The number of alkyl halides is 1. The van der Waals surface area contributed by atoms with Crippen molar-refractivity contribution in [2.24, 2.45) is 5.92 Å². The van der Waals surface area contributed by atoms with Crippen LogP contribution in [0.15, 0.2) is 18.2 Å². The van der Waals surface area contributed by atoms with Gasteiger partial charge in [0, 0.05) is 0 Å². The van der Waals surface area contributed by atoms with E-state index in [4.69, 9.17) is 21.1 Å². The van der Waals surface area contributed by atoms with Gasteiger partial charge < -0.3 is 9.47 Å². The summed E-state index contributed by atoms with van der Waals surface area (Å²) in [5.41, 5.74) is 1.16. The Morgan fingerprint density at radius 2 is 1.79 bits per heavy atom. The SMILES string of the molecule is ClC(CC1CCCCC1)c1ccc2c(c1)OCCO2. The molecule has 1 saturated carbocycles. The smallest absolute Gasteiger partial charge is 0.161 e. The van der Waals surface area contributed by atoms with Gasteiger partial charge in [-0.15, -0.1) is 11.6 Å². The van der Waals surface area contributed by atoms with E-state index in [-0.39, 0.29) is 5.38 Å². The van der Waals surface area contributed by atoms with Gasteiger partial charge in [-0.2, -0.15) is 0 Å². The second-order valence-electron chi connectivity index (χ2n) is 5.61. The Balaban J connectivity index is 1.67. The van der Waals surface area contributed by atoms with Crippen molar-refractivity contribution in [1.82, 2.24) is 0 Å². The molecule has 2 aliphatic rings. The number of fused-ring (bicyclic) bond motifs is 1. The highest BCUT2D eigenvalue weighted by Gasteiger charge is 2.20. The van der Waals surface area contributed by atoms with E-state index in [0.717, 1.165) is 29.4 Å². The third-order valence-corrected chi connectivity index (χ3v) is 4.62. The van der Waals surface area contributed by atoms with Crippen LogP contribution in [-0.4, -0.2) is 13.2 Å². The maximum atomic E-state index is 6.59. The molecule has 1 aromatic carbocycles. The number of benzene rings is 1. The van der Waals surface area contributed by atoms with Crippen molar-refractivity contribution in [3.05, 3.63) is 23.8 Å². The third kappa shape index (κ3) is 3.17. The zero-order valence-corrected chi connectivity index (χ0v) is 12.0. The van der Waals surface area contributed by atoms with Crippen LogP contribution >= 0.6 is 11.6 Å². The molecule has 0 aromatic heterocycles. The van der Waals surface area contributed by atoms with E-state index in [1.54, 1.807) is 0 Å². The van der Waals surface area contributed by atoms with Gasteiger partial charge in [-0.25, -0.2) is 0 Å². The summed E-state index contributed by atoms with van der Waals surface area (Å²) in [7, 11) is 0. The zero-order valence-electron chi connectivity index (χ0n) is 11.2. The minimum Gasteiger partial charge on any atom is -0.486 e. The average molecular weight is 281 g/mol. The van der Waals surface area contributed by atoms with Crippen LogP contribution in [0.1, 0.15) is 49.5 Å². The number of ether oxygens (including phenoxy) is 2. The summed E-state index contributed by atoms with van der Waals surface area (Å²) >= 11 is 6.59. The van der Waals surface area contributed by atoms with Crippen LogP contribution in [0.2, 0.25) is 0 Å². The molecule has 19 heavy (non-hydrogen) atoms. The topological polar surface area (TPSA) is 18.5 Å². The standard InChI is InChI=1S/C16H21ClO2/c17-14(10-12-4-2-1-3-5-12)13-6-7-15-16(11-13)19-9-8-18-15/h6-7,11-12,14H,1-5,8-10H2. The second-order valence-corrected chi connectivity index (χ2v) is 6.14. The van der Waals surface area contributed by atoms with E-state index in [9.17, 15) is 0 Å². The van der Waals surface area contributed by atoms with Crippen LogP contribution < -0.4 is 9.47 Å². The Labute approximate surface area is 120 Å². The van der Waals surface area contributed by atoms with E-state index in [0.29, 0.717) is 13.2 Å². The van der Waals surface area contributed by atoms with Crippen LogP contribution in [0.3, 0.4) is 0 Å². The zero-order chi connectivity index (χ0) is 13.1. The van der Waals surface area contributed by atoms with Crippen molar-refractivity contribution < 1.29 is 9.47 Å². The highest BCUT2D eigenvalue weighted by Crippen LogP contribution is 2.39. The van der Waals surface area contributed by atoms with Gasteiger partial charge in [0.2, 0.25) is 0 Å². The molecule has 2 nitrogen and oxygen atoms in total. The van der Waals surface area contributed by atoms with Crippen molar-refractivity contribution in [2.75, 3.05) is 13.2 Å². The normalized spacial score (nSPS) is 21.1. The fourth-order valence-corrected chi connectivity index (χ4v) is 3.49. The fraction of sp³-hybridized carbons (Fsp3) is 0.625. The average Bonchev–Trinajstić information content (AvgIpc) is 2.48. The van der Waals surface area contributed by atoms with Crippen LogP contribution in [0.25, 0.3) is 0 Å². The van der Waals surface area contributed by atoms with Gasteiger partial charge >= 0.3 is 0 Å². The van der Waals surface area contributed by atoms with Crippen molar-refractivity contribution in [2.45, 2.75) is 43.9 Å². The lowest BCUT2D eigenvalue weighted by atomic mass is 9.85. The van der Waals surface area contributed by atoms with Gasteiger partial charge in [0.15, 0.2) is 11.5 Å². The Morgan fingerprint density at radius 1 is 1.05 bits per heavy atom. The van der Waals surface area contributed by atoms with E-state index in [1.807, 2.05) is 6.07 Å². The molecule has 1 aromatic rings. The Hall–Kier alpha value is -0.890. The summed E-state index contributed by atoms with van der Waals surface area (Å²) in [5.74, 6) is 2.49. The molecule has 3 rings (SSSR count). The van der Waals surface area contributed by atoms with Gasteiger partial charge in [-0.05, 0) is 30.0 Å². The number of halogens is 1. The molecule has 0 radical (unpaired) electrons. The van der Waals surface area contributed by atoms with Gasteiger partial charge in [0.1, 0.15) is 13.2 Å². The Bertz CT molecular complexity index is 427. The maximum absolute atomic E-state index is 6.59. The largest absolute Gasteiger partial charge is 0.486 e. The molecule has 104 valence electrons. The van der Waals surface area contributed by atoms with Crippen molar-refractivity contribution in [3.63, 3.8) is 0 Å². The molecule has 1 unspecified atom stereocenters. The predicted octanol–water partition coefficient (Wildman–Crippen LogP) is 4.71. The summed E-state index contributed by atoms with van der Waals surface area (Å²) in [6, 6.07) is 6.11. The monoisotopic (exact) mass is 280 g/mol. The number of rotatable bonds is 3. The van der Waals surface area contributed by atoms with Crippen molar-refractivity contribution in [1.29, 1.82) is 0 Å². The maximum Gasteiger partial charge on any atom is 0.161 e. The molecule has 0 saturated heterocycles. The molecule has 0 amide bonds. The van der Waals surface area contributed by atoms with Gasteiger partial charge in [-0.3, -0.25) is 0 Å². The Kier molecular flexibility index (Phi) is 4.17. The van der Waals surface area contributed by atoms with Gasteiger partial charge in [-0.1, -0.05) is 38.2 Å². The summed E-state index contributed by atoms with van der Waals surface area (Å²) in [5, 5.41) is 0.0962. The second kappa shape index (κ2) is 6.04. The van der Waals surface area contributed by atoms with Crippen LogP contribution in [-0.2, 0) is 0 Å². The molecule has 1 heterocycles. The Morgan fingerprint density at radius 3 is 2.58 bits per heavy atom. The summed E-state index contributed by atoms with van der Waals surface area (Å²) < 4.78 is 11.2. The first-order valence-corrected chi connectivity index (χ1v) is 7.80. The molecule has 3 heteroatoms. The third-order valence-electron chi connectivity index (χ3n) is 4.19. The first-order chi connectivity index (χ1) is 9.33. The van der Waals surface area contributed by atoms with Crippen LogP contribution in [0.4, 0.5) is 0 Å². The lowest BCUT2D eigenvalue weighted by Crippen LogP contribution is -2.15. The van der Waals surface area contributed by atoms with Crippen molar-refractivity contribution in [3.8, 4) is 11.5 Å². The first-order valence-electron chi connectivity index (χ1n) is 7.36. The van der Waals surface area contributed by atoms with E-state index >= 15 is 0 Å². The molecule has 0 bridgehead atoms. The molecular formula is C16H21ClO2. The van der Waals surface area contributed by atoms with Crippen LogP contribution in [0.5, 0.6) is 11.5 Å². The summed E-state index contributed by atoms with van der Waals surface area (Å²) in [6.45, 7) is 1.27. The van der Waals surface area contributed by atoms with Crippen LogP contribution in [0, 0.1) is 5.92 Å². The fourth-order valence-electron chi connectivity index (χ4n) is 3.11. The minimum absolute atomic E-state index is 0.0962. The lowest BCUT2D eigenvalue weighted by Gasteiger charge is -2.25. The highest BCUT2D eigenvalue weighted by atomic mass is 35.5. The number of hydrogen-bond donors (Lipinski definition) is 0. The predicted molar refractivity (Wildman–Crippen MR) is 77.2 cm³/mol. The molecule has 1 aliphatic carbocycles. The van der Waals surface area contributed by atoms with Crippen molar-refractivity contribution >= 4 is 11.6 Å². The summed E-state index contributed by atoms with van der Waals surface area (Å²) in [4.78, 5) is 0. The molecular weight excluding hydrogens is 260 g/mol. The van der Waals surface area contributed by atoms with E-state index in [1.165, 1.54) is 32.1 Å². The number of hydrogen-bond acceptors (Lipinski definition) is 2. The molecule has 1 aliphatic heterocycles. The molecule has 0 N–H and O–H groups in total.